The van der Waals surface area contributed by atoms with Crippen LogP contribution >= 0.6 is 35.0 Å². The van der Waals surface area contributed by atoms with E-state index >= 15 is 0 Å². The van der Waals surface area contributed by atoms with Crippen molar-refractivity contribution in [3.63, 3.8) is 0 Å². The summed E-state index contributed by atoms with van der Waals surface area (Å²) in [5.74, 6) is 1.21. The summed E-state index contributed by atoms with van der Waals surface area (Å²) in [7, 11) is 1.89. The molecule has 4 rings (SSSR count). The first-order valence-electron chi connectivity index (χ1n) is 8.44. The summed E-state index contributed by atoms with van der Waals surface area (Å²) < 4.78 is 7.20. The van der Waals surface area contributed by atoms with Crippen molar-refractivity contribution in [3.8, 4) is 11.4 Å². The van der Waals surface area contributed by atoms with Crippen LogP contribution in [0.2, 0.25) is 10.0 Å². The van der Waals surface area contributed by atoms with Crippen LogP contribution in [0.25, 0.3) is 22.4 Å². The number of fused-ring (bicyclic) bond motifs is 1. The number of halogens is 2. The average molecular weight is 432 g/mol. The molecule has 4 aromatic rings. The van der Waals surface area contributed by atoms with Gasteiger partial charge in [-0.1, -0.05) is 47.1 Å². The molecular formula is C20H15Cl2N3O2S. The molecule has 2 aromatic heterocycles. The summed E-state index contributed by atoms with van der Waals surface area (Å²) in [5.41, 5.74) is 2.65. The van der Waals surface area contributed by atoms with E-state index in [9.17, 15) is 4.79 Å². The fraction of sp³-hybridized carbons (Fsp3) is 0.150. The Labute approximate surface area is 175 Å². The van der Waals surface area contributed by atoms with Crippen LogP contribution in [0.4, 0.5) is 0 Å². The fourth-order valence-corrected chi connectivity index (χ4v) is 4.21. The highest BCUT2D eigenvalue weighted by Crippen LogP contribution is 2.31. The third-order valence-corrected chi connectivity index (χ3v) is 6.22. The summed E-state index contributed by atoms with van der Waals surface area (Å²) in [5, 5.41) is 11.3. The van der Waals surface area contributed by atoms with E-state index in [0.29, 0.717) is 27.2 Å². The number of rotatable bonds is 4. The van der Waals surface area contributed by atoms with Crippen molar-refractivity contribution in [2.45, 2.75) is 17.8 Å². The number of thioether (sulfide) groups is 1. The highest BCUT2D eigenvalue weighted by atomic mass is 35.5. The van der Waals surface area contributed by atoms with Crippen LogP contribution in [0.15, 0.2) is 56.8 Å². The van der Waals surface area contributed by atoms with Gasteiger partial charge in [0.1, 0.15) is 5.58 Å². The normalized spacial score (nSPS) is 11.3. The minimum atomic E-state index is -0.389. The van der Waals surface area contributed by atoms with Gasteiger partial charge in [0.2, 0.25) is 0 Å². The molecule has 0 saturated heterocycles. The summed E-state index contributed by atoms with van der Waals surface area (Å²) in [6, 6.07) is 12.6. The molecule has 0 unspecified atom stereocenters. The first kappa shape index (κ1) is 19.1. The van der Waals surface area contributed by atoms with Gasteiger partial charge in [0.15, 0.2) is 11.0 Å². The zero-order valence-corrected chi connectivity index (χ0v) is 17.4. The maximum Gasteiger partial charge on any atom is 0.336 e. The van der Waals surface area contributed by atoms with Crippen LogP contribution in [0.5, 0.6) is 0 Å². The zero-order chi connectivity index (χ0) is 19.8. The number of hydrogen-bond acceptors (Lipinski definition) is 5. The van der Waals surface area contributed by atoms with E-state index in [-0.39, 0.29) is 5.63 Å². The second-order valence-electron chi connectivity index (χ2n) is 6.32. The highest BCUT2D eigenvalue weighted by molar-refractivity contribution is 7.98. The molecule has 0 bridgehead atoms. The van der Waals surface area contributed by atoms with Crippen LogP contribution in [-0.2, 0) is 12.8 Å². The molecule has 0 N–H and O–H groups in total. The molecule has 0 atom stereocenters. The van der Waals surface area contributed by atoms with Gasteiger partial charge in [0.05, 0.1) is 5.02 Å². The predicted octanol–water partition coefficient (Wildman–Crippen LogP) is 5.50. The van der Waals surface area contributed by atoms with Crippen molar-refractivity contribution >= 4 is 45.9 Å². The Morgan fingerprint density at radius 2 is 1.89 bits per heavy atom. The van der Waals surface area contributed by atoms with Crippen LogP contribution in [0.3, 0.4) is 0 Å². The lowest BCUT2D eigenvalue weighted by Gasteiger charge is -2.08. The second kappa shape index (κ2) is 7.62. The molecule has 5 nitrogen and oxygen atoms in total. The SMILES string of the molecule is Cc1cc2oc(=O)cc(CSc3nnc(-c4ccccc4Cl)n3C)c2cc1Cl. The van der Waals surface area contributed by atoms with Gasteiger partial charge in [0, 0.05) is 34.8 Å². The van der Waals surface area contributed by atoms with E-state index < -0.39 is 0 Å². The number of benzene rings is 2. The minimum absolute atomic E-state index is 0.389. The molecule has 28 heavy (non-hydrogen) atoms. The van der Waals surface area contributed by atoms with Gasteiger partial charge in [-0.25, -0.2) is 4.79 Å². The predicted molar refractivity (Wildman–Crippen MR) is 113 cm³/mol. The third-order valence-electron chi connectivity index (χ3n) is 4.42. The molecule has 0 aliphatic carbocycles. The molecule has 0 radical (unpaired) electrons. The Kier molecular flexibility index (Phi) is 5.19. The Balaban J connectivity index is 1.67. The Morgan fingerprint density at radius 3 is 2.68 bits per heavy atom. The Morgan fingerprint density at radius 1 is 1.11 bits per heavy atom. The van der Waals surface area contributed by atoms with Crippen LogP contribution in [-0.4, -0.2) is 14.8 Å². The van der Waals surface area contributed by atoms with E-state index in [1.54, 1.807) is 6.07 Å². The topological polar surface area (TPSA) is 60.9 Å². The van der Waals surface area contributed by atoms with Crippen LogP contribution < -0.4 is 5.63 Å². The molecular weight excluding hydrogens is 417 g/mol. The van der Waals surface area contributed by atoms with Gasteiger partial charge in [-0.05, 0) is 42.3 Å². The Hall–Kier alpha value is -2.28. The van der Waals surface area contributed by atoms with Gasteiger partial charge in [-0.3, -0.25) is 0 Å². The van der Waals surface area contributed by atoms with Gasteiger partial charge in [-0.15, -0.1) is 10.2 Å². The standard InChI is InChI=1S/C20H15Cl2N3O2S/c1-11-7-17-14(9-16(11)22)12(8-18(26)27-17)10-28-20-24-23-19(25(20)2)13-5-3-4-6-15(13)21/h3-9H,10H2,1-2H3. The third kappa shape index (κ3) is 3.55. The van der Waals surface area contributed by atoms with Crippen molar-refractivity contribution in [2.75, 3.05) is 0 Å². The lowest BCUT2D eigenvalue weighted by molar-refractivity contribution is 0.559. The Bertz CT molecular complexity index is 1250. The molecule has 2 aromatic carbocycles. The van der Waals surface area contributed by atoms with Crippen LogP contribution in [0, 0.1) is 6.92 Å². The van der Waals surface area contributed by atoms with Crippen molar-refractivity contribution in [3.05, 3.63) is 74.1 Å². The lowest BCUT2D eigenvalue weighted by atomic mass is 10.1. The molecule has 0 spiro atoms. The second-order valence-corrected chi connectivity index (χ2v) is 8.08. The zero-order valence-electron chi connectivity index (χ0n) is 15.1. The van der Waals surface area contributed by atoms with Crippen molar-refractivity contribution in [2.24, 2.45) is 7.05 Å². The van der Waals surface area contributed by atoms with Gasteiger partial charge >= 0.3 is 5.63 Å². The van der Waals surface area contributed by atoms with E-state index in [1.165, 1.54) is 17.8 Å². The van der Waals surface area contributed by atoms with E-state index in [4.69, 9.17) is 27.6 Å². The monoisotopic (exact) mass is 431 g/mol. The van der Waals surface area contributed by atoms with Crippen molar-refractivity contribution in [1.82, 2.24) is 14.8 Å². The highest BCUT2D eigenvalue weighted by Gasteiger charge is 2.15. The number of aromatic nitrogens is 3. The fourth-order valence-electron chi connectivity index (χ4n) is 2.93. The number of hydrogen-bond donors (Lipinski definition) is 0. The maximum atomic E-state index is 11.9. The molecule has 0 saturated carbocycles. The van der Waals surface area contributed by atoms with Gasteiger partial charge < -0.3 is 8.98 Å². The van der Waals surface area contributed by atoms with E-state index in [2.05, 4.69) is 10.2 Å². The first-order chi connectivity index (χ1) is 13.4. The minimum Gasteiger partial charge on any atom is -0.423 e. The van der Waals surface area contributed by atoms with Crippen molar-refractivity contribution < 1.29 is 4.42 Å². The molecule has 0 aliphatic rings. The van der Waals surface area contributed by atoms with Gasteiger partial charge in [-0.2, -0.15) is 0 Å². The summed E-state index contributed by atoms with van der Waals surface area (Å²) in [6.45, 7) is 1.87. The summed E-state index contributed by atoms with van der Waals surface area (Å²) in [4.78, 5) is 11.9. The first-order valence-corrected chi connectivity index (χ1v) is 10.2. The summed E-state index contributed by atoms with van der Waals surface area (Å²) in [6.07, 6.45) is 0. The largest absolute Gasteiger partial charge is 0.423 e. The molecule has 0 amide bonds. The lowest BCUT2D eigenvalue weighted by Crippen LogP contribution is -2.01. The number of aryl methyl sites for hydroxylation is 1. The van der Waals surface area contributed by atoms with Gasteiger partial charge in [0.25, 0.3) is 0 Å². The van der Waals surface area contributed by atoms with Crippen LogP contribution in [0.1, 0.15) is 11.1 Å². The molecule has 2 heterocycles. The number of nitrogens with zero attached hydrogens (tertiary/aromatic N) is 3. The van der Waals surface area contributed by atoms with Crippen molar-refractivity contribution in [1.29, 1.82) is 0 Å². The maximum absolute atomic E-state index is 11.9. The summed E-state index contributed by atoms with van der Waals surface area (Å²) >= 11 is 14.0. The smallest absolute Gasteiger partial charge is 0.336 e. The van der Waals surface area contributed by atoms with E-state index in [1.807, 2.05) is 48.9 Å². The molecule has 8 heteroatoms. The molecule has 0 fully saturated rings. The molecule has 0 aliphatic heterocycles. The van der Waals surface area contributed by atoms with E-state index in [0.717, 1.165) is 27.2 Å². The average Bonchev–Trinajstić information content (AvgIpc) is 3.02. The molecule has 142 valence electrons. The quantitative estimate of drug-likeness (QED) is 0.315.